The summed E-state index contributed by atoms with van der Waals surface area (Å²) in [6.07, 6.45) is 4.95. The first-order valence-corrected chi connectivity index (χ1v) is 13.8. The highest BCUT2D eigenvalue weighted by atomic mass is 35.5. The van der Waals surface area contributed by atoms with Crippen LogP contribution in [0.3, 0.4) is 0 Å². The average Bonchev–Trinajstić information content (AvgIpc) is 2.87. The summed E-state index contributed by atoms with van der Waals surface area (Å²) >= 11 is 11.7. The SMILES string of the molecule is O=C(NC1CCN(C[C@H](O)COc2ccc(Cl)c(F)c2)CC1)c1cn(C2CCC2)c2cc(Cl)c(F)cc2c1=O. The lowest BCUT2D eigenvalue weighted by molar-refractivity contribution is 0.0567. The Morgan fingerprint density at radius 2 is 1.79 bits per heavy atom. The number of fused-ring (bicyclic) bond motifs is 1. The highest BCUT2D eigenvalue weighted by molar-refractivity contribution is 6.31. The Labute approximate surface area is 234 Å². The van der Waals surface area contributed by atoms with Gasteiger partial charge in [-0.2, -0.15) is 0 Å². The van der Waals surface area contributed by atoms with E-state index in [1.807, 2.05) is 4.57 Å². The van der Waals surface area contributed by atoms with Gasteiger partial charge < -0.3 is 24.6 Å². The highest BCUT2D eigenvalue weighted by Crippen LogP contribution is 2.35. The molecule has 0 unspecified atom stereocenters. The number of aliphatic hydroxyl groups excluding tert-OH is 1. The molecule has 0 spiro atoms. The fourth-order valence-corrected chi connectivity index (χ4v) is 5.38. The van der Waals surface area contributed by atoms with E-state index in [2.05, 4.69) is 10.2 Å². The van der Waals surface area contributed by atoms with Gasteiger partial charge >= 0.3 is 0 Å². The van der Waals surface area contributed by atoms with Crippen LogP contribution < -0.4 is 15.5 Å². The molecule has 2 heterocycles. The van der Waals surface area contributed by atoms with Gasteiger partial charge in [0.1, 0.15) is 35.7 Å². The van der Waals surface area contributed by atoms with Gasteiger partial charge in [0.2, 0.25) is 5.43 Å². The molecule has 208 valence electrons. The third kappa shape index (κ3) is 6.22. The second-order valence-electron chi connectivity index (χ2n) is 10.2. The smallest absolute Gasteiger partial charge is 0.256 e. The van der Waals surface area contributed by atoms with Crippen LogP contribution in [0.2, 0.25) is 10.0 Å². The molecule has 1 aliphatic carbocycles. The number of halogens is 4. The number of pyridine rings is 1. The van der Waals surface area contributed by atoms with Gasteiger partial charge in [0.05, 0.1) is 15.6 Å². The zero-order valence-corrected chi connectivity index (χ0v) is 22.7. The third-order valence-corrected chi connectivity index (χ3v) is 8.11. The van der Waals surface area contributed by atoms with E-state index in [4.69, 9.17) is 27.9 Å². The molecule has 1 aromatic heterocycles. The number of nitrogens with zero attached hydrogens (tertiary/aromatic N) is 2. The molecule has 0 bridgehead atoms. The molecule has 11 heteroatoms. The average molecular weight is 580 g/mol. The van der Waals surface area contributed by atoms with Gasteiger partial charge in [-0.25, -0.2) is 8.78 Å². The molecule has 0 radical (unpaired) electrons. The lowest BCUT2D eigenvalue weighted by Crippen LogP contribution is -2.47. The molecular formula is C28H29Cl2F2N3O4. The van der Waals surface area contributed by atoms with Gasteiger partial charge in [0.25, 0.3) is 5.91 Å². The second kappa shape index (κ2) is 11.8. The standard InChI is InChI=1S/C28H29Cl2F2N3O4/c29-22-5-4-19(10-24(22)31)39-15-18(36)13-34-8-6-16(7-9-34)33-28(38)21-14-35(17-2-1-3-17)26-12-23(30)25(32)11-20(26)27(21)37/h4-5,10-12,14,16-18,36H,1-3,6-9,13,15H2,(H,33,38)/t18-/m0/s1. The van der Waals surface area contributed by atoms with E-state index < -0.39 is 29.1 Å². The maximum atomic E-state index is 14.2. The Hall–Kier alpha value is -2.72. The van der Waals surface area contributed by atoms with Gasteiger partial charge in [-0.1, -0.05) is 23.2 Å². The molecule has 2 aromatic carbocycles. The van der Waals surface area contributed by atoms with Crippen LogP contribution in [-0.4, -0.2) is 58.9 Å². The van der Waals surface area contributed by atoms with Crippen molar-refractivity contribution in [3.63, 3.8) is 0 Å². The molecule has 1 aliphatic heterocycles. The van der Waals surface area contributed by atoms with Gasteiger partial charge in [-0.3, -0.25) is 9.59 Å². The summed E-state index contributed by atoms with van der Waals surface area (Å²) in [5, 5.41) is 13.4. The molecule has 1 saturated carbocycles. The monoisotopic (exact) mass is 579 g/mol. The van der Waals surface area contributed by atoms with E-state index in [0.717, 1.165) is 25.3 Å². The minimum atomic E-state index is -0.786. The third-order valence-electron chi connectivity index (χ3n) is 7.51. The number of carbonyl (C=O) groups is 1. The molecule has 1 amide bonds. The summed E-state index contributed by atoms with van der Waals surface area (Å²) < 4.78 is 35.1. The minimum absolute atomic E-state index is 0.00121. The van der Waals surface area contributed by atoms with Crippen molar-refractivity contribution in [2.24, 2.45) is 0 Å². The summed E-state index contributed by atoms with van der Waals surface area (Å²) in [5.41, 5.74) is 0.00391. The van der Waals surface area contributed by atoms with Crippen molar-refractivity contribution in [1.29, 1.82) is 0 Å². The molecular weight excluding hydrogens is 551 g/mol. The number of likely N-dealkylation sites (tertiary alicyclic amines) is 1. The lowest BCUT2D eigenvalue weighted by atomic mass is 9.92. The van der Waals surface area contributed by atoms with Crippen LogP contribution in [0.25, 0.3) is 10.9 Å². The van der Waals surface area contributed by atoms with E-state index in [9.17, 15) is 23.5 Å². The molecule has 2 N–H and O–H groups in total. The van der Waals surface area contributed by atoms with Crippen LogP contribution in [0, 0.1) is 11.6 Å². The quantitative estimate of drug-likeness (QED) is 0.394. The first kappa shape index (κ1) is 27.8. The molecule has 7 nitrogen and oxygen atoms in total. The number of ether oxygens (including phenoxy) is 1. The molecule has 1 saturated heterocycles. The fourth-order valence-electron chi connectivity index (χ4n) is 5.11. The van der Waals surface area contributed by atoms with Crippen molar-refractivity contribution in [1.82, 2.24) is 14.8 Å². The molecule has 39 heavy (non-hydrogen) atoms. The summed E-state index contributed by atoms with van der Waals surface area (Å²) in [6.45, 7) is 1.62. The fraction of sp³-hybridized carbons (Fsp3) is 0.429. The summed E-state index contributed by atoms with van der Waals surface area (Å²) in [7, 11) is 0. The van der Waals surface area contributed by atoms with E-state index >= 15 is 0 Å². The van der Waals surface area contributed by atoms with Crippen LogP contribution in [0.5, 0.6) is 5.75 Å². The van der Waals surface area contributed by atoms with Crippen molar-refractivity contribution in [2.75, 3.05) is 26.2 Å². The molecule has 1 atom stereocenters. The molecule has 2 aliphatic rings. The maximum Gasteiger partial charge on any atom is 0.256 e. The lowest BCUT2D eigenvalue weighted by Gasteiger charge is -2.33. The number of aromatic nitrogens is 1. The van der Waals surface area contributed by atoms with Crippen LogP contribution in [0.1, 0.15) is 48.5 Å². The normalized spacial score (nSPS) is 17.7. The zero-order chi connectivity index (χ0) is 27.7. The van der Waals surface area contributed by atoms with E-state index in [0.29, 0.717) is 38.0 Å². The predicted octanol–water partition coefficient (Wildman–Crippen LogP) is 4.95. The summed E-state index contributed by atoms with van der Waals surface area (Å²) in [5.74, 6) is -1.48. The highest BCUT2D eigenvalue weighted by Gasteiger charge is 2.27. The van der Waals surface area contributed by atoms with Gasteiger partial charge in [0.15, 0.2) is 0 Å². The van der Waals surface area contributed by atoms with Crippen LogP contribution in [0.15, 0.2) is 41.3 Å². The Balaban J connectivity index is 1.18. The Morgan fingerprint density at radius 3 is 2.46 bits per heavy atom. The maximum absolute atomic E-state index is 14.2. The summed E-state index contributed by atoms with van der Waals surface area (Å²) in [6, 6.07) is 6.66. The number of aliphatic hydroxyl groups is 1. The molecule has 5 rings (SSSR count). The molecule has 3 aromatic rings. The number of nitrogens with one attached hydrogen (secondary N) is 1. The summed E-state index contributed by atoms with van der Waals surface area (Å²) in [4.78, 5) is 28.4. The van der Waals surface area contributed by atoms with E-state index in [1.54, 1.807) is 6.20 Å². The number of amides is 1. The van der Waals surface area contributed by atoms with Crippen molar-refractivity contribution in [3.8, 4) is 5.75 Å². The largest absolute Gasteiger partial charge is 0.491 e. The number of carbonyl (C=O) groups excluding carboxylic acids is 1. The predicted molar refractivity (Wildman–Crippen MR) is 146 cm³/mol. The van der Waals surface area contributed by atoms with Crippen LogP contribution >= 0.6 is 23.2 Å². The van der Waals surface area contributed by atoms with Crippen molar-refractivity contribution in [3.05, 3.63) is 74.0 Å². The number of β-amino-alcohol motifs (C(OH)–C–C–N with tert-alkyl or cyclic N) is 1. The Kier molecular flexibility index (Phi) is 8.42. The number of piperidine rings is 1. The van der Waals surface area contributed by atoms with Crippen molar-refractivity contribution in [2.45, 2.75) is 50.3 Å². The van der Waals surface area contributed by atoms with Gasteiger partial charge in [-0.05, 0) is 56.4 Å². The Bertz CT molecular complexity index is 1440. The number of hydrogen-bond acceptors (Lipinski definition) is 5. The van der Waals surface area contributed by atoms with Crippen LogP contribution in [0.4, 0.5) is 8.78 Å². The van der Waals surface area contributed by atoms with Crippen molar-refractivity contribution < 1.29 is 23.4 Å². The number of rotatable bonds is 8. The zero-order valence-electron chi connectivity index (χ0n) is 21.1. The molecule has 2 fully saturated rings. The number of hydrogen-bond donors (Lipinski definition) is 2. The first-order valence-electron chi connectivity index (χ1n) is 13.0. The minimum Gasteiger partial charge on any atom is -0.491 e. The van der Waals surface area contributed by atoms with Crippen LogP contribution in [-0.2, 0) is 0 Å². The van der Waals surface area contributed by atoms with E-state index in [1.165, 1.54) is 24.3 Å². The van der Waals surface area contributed by atoms with E-state index in [-0.39, 0.29) is 45.4 Å². The Morgan fingerprint density at radius 1 is 1.08 bits per heavy atom. The second-order valence-corrected chi connectivity index (χ2v) is 11.1. The van der Waals surface area contributed by atoms with Gasteiger partial charge in [0, 0.05) is 49.4 Å². The first-order chi connectivity index (χ1) is 18.7. The van der Waals surface area contributed by atoms with Crippen molar-refractivity contribution >= 4 is 40.0 Å². The topological polar surface area (TPSA) is 83.8 Å². The van der Waals surface area contributed by atoms with Gasteiger partial charge in [-0.15, -0.1) is 0 Å². The number of benzene rings is 2.